The van der Waals surface area contributed by atoms with Crippen molar-refractivity contribution in [3.8, 4) is 6.07 Å². The normalized spacial score (nSPS) is 9.93. The maximum atomic E-state index is 8.96. The molecule has 0 fully saturated rings. The fourth-order valence-corrected chi connectivity index (χ4v) is 1.78. The summed E-state index contributed by atoms with van der Waals surface area (Å²) in [5.41, 5.74) is 3.31. The topological polar surface area (TPSA) is 23.8 Å². The van der Waals surface area contributed by atoms with Gasteiger partial charge in [-0.1, -0.05) is 43.9 Å². The van der Waals surface area contributed by atoms with E-state index in [0.29, 0.717) is 0 Å². The minimum atomic E-state index is 0.845. The van der Waals surface area contributed by atoms with Gasteiger partial charge in [-0.2, -0.15) is 5.26 Å². The lowest BCUT2D eigenvalue weighted by Crippen LogP contribution is -1.92. The second-order valence-corrected chi connectivity index (χ2v) is 4.08. The lowest BCUT2D eigenvalue weighted by molar-refractivity contribution is 0.666. The van der Waals surface area contributed by atoms with Crippen molar-refractivity contribution >= 4 is 0 Å². The predicted molar refractivity (Wildman–Crippen MR) is 63.7 cm³/mol. The molecule has 80 valence electrons. The highest BCUT2D eigenvalue weighted by atomic mass is 14.2. The minimum Gasteiger partial charge on any atom is -0.192 e. The number of aryl methyl sites for hydroxylation is 2. The monoisotopic (exact) mass is 201 g/mol. The molecule has 0 radical (unpaired) electrons. The van der Waals surface area contributed by atoms with Gasteiger partial charge in [0, 0.05) is 0 Å². The third kappa shape index (κ3) is 3.75. The van der Waals surface area contributed by atoms with E-state index in [1.807, 2.05) is 12.1 Å². The van der Waals surface area contributed by atoms with E-state index in [0.717, 1.165) is 12.0 Å². The van der Waals surface area contributed by atoms with Gasteiger partial charge in [0.25, 0.3) is 0 Å². The Morgan fingerprint density at radius 2 is 2.00 bits per heavy atom. The fourth-order valence-electron chi connectivity index (χ4n) is 1.78. The van der Waals surface area contributed by atoms with Gasteiger partial charge < -0.3 is 0 Å². The standard InChI is InChI=1S/C14H19N/c1-3-4-5-6-7-13-10-12(2)8-9-14(13)11-15/h8-10H,3-7H2,1-2H3. The van der Waals surface area contributed by atoms with E-state index in [-0.39, 0.29) is 0 Å². The average molecular weight is 201 g/mol. The van der Waals surface area contributed by atoms with Gasteiger partial charge in [0.15, 0.2) is 0 Å². The molecule has 0 saturated heterocycles. The van der Waals surface area contributed by atoms with E-state index < -0.39 is 0 Å². The first-order chi connectivity index (χ1) is 7.27. The molecule has 1 rings (SSSR count). The molecule has 0 heterocycles. The molecular formula is C14H19N. The molecule has 15 heavy (non-hydrogen) atoms. The first-order valence-electron chi connectivity index (χ1n) is 5.77. The van der Waals surface area contributed by atoms with Crippen LogP contribution in [0.15, 0.2) is 18.2 Å². The van der Waals surface area contributed by atoms with Crippen molar-refractivity contribution in [3.63, 3.8) is 0 Å². The Kier molecular flexibility index (Phi) is 4.90. The molecule has 0 atom stereocenters. The van der Waals surface area contributed by atoms with Crippen molar-refractivity contribution in [3.05, 3.63) is 34.9 Å². The number of hydrogen-bond acceptors (Lipinski definition) is 1. The fraction of sp³-hybridized carbons (Fsp3) is 0.500. The van der Waals surface area contributed by atoms with Crippen molar-refractivity contribution in [2.24, 2.45) is 0 Å². The molecule has 0 unspecified atom stereocenters. The Labute approximate surface area is 92.7 Å². The minimum absolute atomic E-state index is 0.845. The van der Waals surface area contributed by atoms with Crippen molar-refractivity contribution in [2.75, 3.05) is 0 Å². The highest BCUT2D eigenvalue weighted by Crippen LogP contribution is 2.14. The predicted octanol–water partition coefficient (Wildman–Crippen LogP) is 3.99. The zero-order valence-corrected chi connectivity index (χ0v) is 9.71. The van der Waals surface area contributed by atoms with Crippen LogP contribution < -0.4 is 0 Å². The molecular weight excluding hydrogens is 182 g/mol. The van der Waals surface area contributed by atoms with Crippen molar-refractivity contribution in [1.29, 1.82) is 5.26 Å². The molecule has 0 bridgehead atoms. The van der Waals surface area contributed by atoms with Crippen LogP contribution in [0, 0.1) is 18.3 Å². The number of hydrogen-bond donors (Lipinski definition) is 0. The molecule has 1 nitrogen and oxygen atoms in total. The van der Waals surface area contributed by atoms with Crippen LogP contribution in [0.1, 0.15) is 49.3 Å². The van der Waals surface area contributed by atoms with E-state index in [1.54, 1.807) is 0 Å². The van der Waals surface area contributed by atoms with E-state index >= 15 is 0 Å². The second kappa shape index (κ2) is 6.24. The highest BCUT2D eigenvalue weighted by Gasteiger charge is 2.01. The molecule has 1 aromatic carbocycles. The van der Waals surface area contributed by atoms with Gasteiger partial charge >= 0.3 is 0 Å². The van der Waals surface area contributed by atoms with Crippen molar-refractivity contribution in [2.45, 2.75) is 46.0 Å². The number of benzene rings is 1. The van der Waals surface area contributed by atoms with E-state index in [2.05, 4.69) is 26.0 Å². The van der Waals surface area contributed by atoms with E-state index in [1.165, 1.54) is 36.8 Å². The van der Waals surface area contributed by atoms with Gasteiger partial charge in [0.1, 0.15) is 0 Å². The lowest BCUT2D eigenvalue weighted by Gasteiger charge is -2.04. The number of rotatable bonds is 5. The Balaban J connectivity index is 2.59. The van der Waals surface area contributed by atoms with Crippen LogP contribution in [0.4, 0.5) is 0 Å². The summed E-state index contributed by atoms with van der Waals surface area (Å²) in [6.07, 6.45) is 6.08. The highest BCUT2D eigenvalue weighted by molar-refractivity contribution is 5.40. The van der Waals surface area contributed by atoms with Crippen LogP contribution in [-0.4, -0.2) is 0 Å². The van der Waals surface area contributed by atoms with Crippen LogP contribution in [0.2, 0.25) is 0 Å². The van der Waals surface area contributed by atoms with E-state index in [4.69, 9.17) is 5.26 Å². The van der Waals surface area contributed by atoms with Crippen LogP contribution in [0.3, 0.4) is 0 Å². The molecule has 0 saturated carbocycles. The van der Waals surface area contributed by atoms with Crippen LogP contribution >= 0.6 is 0 Å². The Morgan fingerprint density at radius 1 is 1.20 bits per heavy atom. The van der Waals surface area contributed by atoms with Crippen LogP contribution in [-0.2, 0) is 6.42 Å². The zero-order valence-electron chi connectivity index (χ0n) is 9.71. The molecule has 0 aliphatic carbocycles. The summed E-state index contributed by atoms with van der Waals surface area (Å²) in [5, 5.41) is 8.96. The summed E-state index contributed by atoms with van der Waals surface area (Å²) in [6, 6.07) is 8.35. The molecule has 1 aromatic rings. The van der Waals surface area contributed by atoms with Gasteiger partial charge in [-0.25, -0.2) is 0 Å². The van der Waals surface area contributed by atoms with Gasteiger partial charge in [-0.15, -0.1) is 0 Å². The summed E-state index contributed by atoms with van der Waals surface area (Å²) in [5.74, 6) is 0. The summed E-state index contributed by atoms with van der Waals surface area (Å²) in [4.78, 5) is 0. The van der Waals surface area contributed by atoms with Gasteiger partial charge in [-0.05, 0) is 31.4 Å². The summed E-state index contributed by atoms with van der Waals surface area (Å²) in [6.45, 7) is 4.30. The lowest BCUT2D eigenvalue weighted by atomic mass is 9.99. The Bertz CT molecular complexity index is 347. The number of nitrogens with zero attached hydrogens (tertiary/aromatic N) is 1. The van der Waals surface area contributed by atoms with Gasteiger partial charge in [-0.3, -0.25) is 0 Å². The molecule has 0 aliphatic rings. The van der Waals surface area contributed by atoms with Crippen LogP contribution in [0.25, 0.3) is 0 Å². The van der Waals surface area contributed by atoms with Crippen molar-refractivity contribution < 1.29 is 0 Å². The quantitative estimate of drug-likeness (QED) is 0.661. The summed E-state index contributed by atoms with van der Waals surface area (Å²) < 4.78 is 0. The maximum absolute atomic E-state index is 8.96. The molecule has 1 heteroatoms. The Hall–Kier alpha value is -1.29. The molecule has 0 N–H and O–H groups in total. The summed E-state index contributed by atoms with van der Waals surface area (Å²) in [7, 11) is 0. The maximum Gasteiger partial charge on any atom is 0.0994 e. The zero-order chi connectivity index (χ0) is 11.1. The molecule has 0 spiro atoms. The molecule has 0 aliphatic heterocycles. The largest absolute Gasteiger partial charge is 0.192 e. The van der Waals surface area contributed by atoms with Gasteiger partial charge in [0.2, 0.25) is 0 Å². The number of nitriles is 1. The third-order valence-electron chi connectivity index (χ3n) is 2.68. The Morgan fingerprint density at radius 3 is 2.67 bits per heavy atom. The second-order valence-electron chi connectivity index (χ2n) is 4.08. The average Bonchev–Trinajstić information content (AvgIpc) is 2.25. The van der Waals surface area contributed by atoms with Crippen LogP contribution in [0.5, 0.6) is 0 Å². The SMILES string of the molecule is CCCCCCc1cc(C)ccc1C#N. The van der Waals surface area contributed by atoms with Crippen molar-refractivity contribution in [1.82, 2.24) is 0 Å². The smallest absolute Gasteiger partial charge is 0.0994 e. The number of unbranched alkanes of at least 4 members (excludes halogenated alkanes) is 3. The molecule has 0 amide bonds. The molecule has 0 aromatic heterocycles. The first kappa shape index (κ1) is 11.8. The van der Waals surface area contributed by atoms with E-state index in [9.17, 15) is 0 Å². The third-order valence-corrected chi connectivity index (χ3v) is 2.68. The summed E-state index contributed by atoms with van der Waals surface area (Å²) >= 11 is 0. The first-order valence-corrected chi connectivity index (χ1v) is 5.77. The van der Waals surface area contributed by atoms with Gasteiger partial charge in [0.05, 0.1) is 11.6 Å².